The van der Waals surface area contributed by atoms with Crippen molar-refractivity contribution in [1.29, 1.82) is 0 Å². The minimum absolute atomic E-state index is 0.0157. The van der Waals surface area contributed by atoms with E-state index in [2.05, 4.69) is 20.8 Å². The first kappa shape index (κ1) is 17.8. The summed E-state index contributed by atoms with van der Waals surface area (Å²) in [4.78, 5) is 13.0. The summed E-state index contributed by atoms with van der Waals surface area (Å²) in [7, 11) is 0. The molecule has 0 aliphatic carbocycles. The zero-order chi connectivity index (χ0) is 17.8. The monoisotopic (exact) mass is 416 g/mol. The summed E-state index contributed by atoms with van der Waals surface area (Å²) < 4.78 is 19.2. The molecule has 130 valence electrons. The van der Waals surface area contributed by atoms with Gasteiger partial charge in [-0.15, -0.1) is 0 Å². The molecule has 2 bridgehead atoms. The van der Waals surface area contributed by atoms with Gasteiger partial charge in [-0.3, -0.25) is 0 Å². The summed E-state index contributed by atoms with van der Waals surface area (Å²) in [6.07, 6.45) is 2.01. The van der Waals surface area contributed by atoms with Crippen LogP contribution in [-0.2, 0) is 56.6 Å². The van der Waals surface area contributed by atoms with E-state index in [9.17, 15) is 4.79 Å². The molecule has 0 radical (unpaired) electrons. The number of carbonyl (C=O) groups is 1. The van der Waals surface area contributed by atoms with E-state index in [-0.39, 0.29) is 18.2 Å². The van der Waals surface area contributed by atoms with E-state index in [1.807, 2.05) is 30.3 Å². The molecule has 4 nitrogen and oxygen atoms in total. The average molecular weight is 416 g/mol. The van der Waals surface area contributed by atoms with Gasteiger partial charge in [-0.05, 0) is 0 Å². The van der Waals surface area contributed by atoms with Crippen molar-refractivity contribution in [3.8, 4) is 0 Å². The van der Waals surface area contributed by atoms with E-state index < -0.39 is 11.2 Å². The van der Waals surface area contributed by atoms with Crippen LogP contribution in [0.25, 0.3) is 0 Å². The molecular weight excluding hydrogens is 393 g/mol. The van der Waals surface area contributed by atoms with E-state index in [0.29, 0.717) is 12.5 Å². The summed E-state index contributed by atoms with van der Waals surface area (Å²) in [5.41, 5.74) is 0.726. The second kappa shape index (κ2) is 6.26. The summed E-state index contributed by atoms with van der Waals surface area (Å²) in [5.74, 6) is 0.239. The molecule has 5 heteroatoms. The summed E-state index contributed by atoms with van der Waals surface area (Å²) in [6, 6.07) is 9.80. The number of carbonyl (C=O) groups excluding carboxylic acids is 1. The molecule has 0 aromatic heterocycles. The Hall–Kier alpha value is -0.546. The molecule has 2 fully saturated rings. The van der Waals surface area contributed by atoms with Gasteiger partial charge in [-0.1, -0.05) is 0 Å². The van der Waals surface area contributed by atoms with Gasteiger partial charge in [0.1, 0.15) is 0 Å². The van der Waals surface area contributed by atoms with Gasteiger partial charge in [0.05, 0.1) is 0 Å². The molecule has 3 aliphatic rings. The Balaban J connectivity index is 1.60. The van der Waals surface area contributed by atoms with Gasteiger partial charge in [-0.2, -0.15) is 0 Å². The molecule has 5 unspecified atom stereocenters. The average Bonchev–Trinajstić information content (AvgIpc) is 3.34. The number of hydrogen-bond acceptors (Lipinski definition) is 4. The molecule has 5 atom stereocenters. The fraction of sp³-hybridized carbons (Fsp3) is 0.550. The first-order valence-electron chi connectivity index (χ1n) is 8.99. The van der Waals surface area contributed by atoms with Crippen LogP contribution in [0, 0.1) is 5.92 Å². The SMILES string of the molecule is CCC(C)CC12OC(C)([C]([Y])=C1C(=O)OCc1ccccc1)C1OC12. The van der Waals surface area contributed by atoms with E-state index in [1.54, 1.807) is 0 Å². The number of fused-ring (bicyclic) bond motifs is 5. The molecule has 25 heavy (non-hydrogen) atoms. The Bertz CT molecular complexity index is 730. The van der Waals surface area contributed by atoms with Crippen LogP contribution >= 0.6 is 0 Å². The van der Waals surface area contributed by atoms with Crippen molar-refractivity contribution in [3.63, 3.8) is 0 Å². The van der Waals surface area contributed by atoms with Crippen molar-refractivity contribution < 1.29 is 50.0 Å². The second-order valence-corrected chi connectivity index (χ2v) is 9.06. The van der Waals surface area contributed by atoms with Crippen LogP contribution < -0.4 is 0 Å². The number of benzene rings is 1. The van der Waals surface area contributed by atoms with Crippen molar-refractivity contribution in [2.75, 3.05) is 0 Å². The fourth-order valence-corrected chi connectivity index (χ4v) is 5.70. The molecule has 3 heterocycles. The van der Waals surface area contributed by atoms with Crippen LogP contribution in [0.5, 0.6) is 0 Å². The standard InChI is InChI=1S/C20H23O4.Y/c1-4-13(2)10-20-15(11-19(3,24-20)16-17(20)23-16)18(21)22-12-14-8-6-5-7-9-14;/h5-9,13,16-17H,4,10,12H2,1-3H3;. The third kappa shape index (κ3) is 2.68. The number of ether oxygens (including phenoxy) is 3. The summed E-state index contributed by atoms with van der Waals surface area (Å²) in [6.45, 7) is 6.76. The second-order valence-electron chi connectivity index (χ2n) is 7.64. The number of rotatable bonds is 6. The van der Waals surface area contributed by atoms with E-state index >= 15 is 0 Å². The first-order valence-corrected chi connectivity index (χ1v) is 10.4. The number of epoxide rings is 1. The summed E-state index contributed by atoms with van der Waals surface area (Å²) >= 11 is 0.860. The molecule has 2 saturated heterocycles. The van der Waals surface area contributed by atoms with Gasteiger partial charge in [0.2, 0.25) is 0 Å². The minimum atomic E-state index is -0.600. The topological polar surface area (TPSA) is 48.1 Å². The molecule has 0 amide bonds. The third-order valence-electron chi connectivity index (χ3n) is 5.88. The number of esters is 1. The van der Waals surface area contributed by atoms with Crippen molar-refractivity contribution in [3.05, 3.63) is 43.9 Å². The van der Waals surface area contributed by atoms with Gasteiger partial charge in [0.25, 0.3) is 0 Å². The molecule has 0 saturated carbocycles. The Morgan fingerprint density at radius 2 is 2.04 bits per heavy atom. The van der Waals surface area contributed by atoms with Crippen LogP contribution in [0.15, 0.2) is 38.3 Å². The van der Waals surface area contributed by atoms with Crippen molar-refractivity contribution in [1.82, 2.24) is 0 Å². The van der Waals surface area contributed by atoms with Gasteiger partial charge >= 0.3 is 169 Å². The maximum absolute atomic E-state index is 13.0. The van der Waals surface area contributed by atoms with Crippen LogP contribution in [0.2, 0.25) is 0 Å². The van der Waals surface area contributed by atoms with Crippen LogP contribution in [-0.4, -0.2) is 29.4 Å². The van der Waals surface area contributed by atoms with Crippen LogP contribution in [0.4, 0.5) is 0 Å². The van der Waals surface area contributed by atoms with Gasteiger partial charge < -0.3 is 0 Å². The quantitative estimate of drug-likeness (QED) is 0.528. The van der Waals surface area contributed by atoms with Crippen molar-refractivity contribution in [2.24, 2.45) is 5.92 Å². The normalized spacial score (nSPS) is 36.2. The van der Waals surface area contributed by atoms with Crippen molar-refractivity contribution >= 4 is 5.97 Å². The molecule has 0 spiro atoms. The Kier molecular flexibility index (Phi) is 4.47. The predicted octanol–water partition coefficient (Wildman–Crippen LogP) is 3.28. The molecule has 1 aromatic carbocycles. The van der Waals surface area contributed by atoms with E-state index in [0.717, 1.165) is 57.3 Å². The van der Waals surface area contributed by atoms with Gasteiger partial charge in [-0.25, -0.2) is 0 Å². The van der Waals surface area contributed by atoms with E-state index in [1.165, 1.54) is 0 Å². The third-order valence-corrected chi connectivity index (χ3v) is 8.00. The van der Waals surface area contributed by atoms with E-state index in [4.69, 9.17) is 14.2 Å². The Morgan fingerprint density at radius 3 is 2.72 bits per heavy atom. The summed E-state index contributed by atoms with van der Waals surface area (Å²) in [5, 5.41) is 0. The Labute approximate surface area is 168 Å². The Morgan fingerprint density at radius 1 is 1.32 bits per heavy atom. The van der Waals surface area contributed by atoms with Crippen molar-refractivity contribution in [2.45, 2.75) is 63.6 Å². The molecule has 3 aliphatic heterocycles. The molecule has 1 aromatic rings. The predicted molar refractivity (Wildman–Crippen MR) is 88.2 cm³/mol. The molecule has 4 rings (SSSR count). The zero-order valence-corrected chi connectivity index (χ0v) is 17.8. The van der Waals surface area contributed by atoms with Gasteiger partial charge in [0, 0.05) is 0 Å². The van der Waals surface area contributed by atoms with Gasteiger partial charge in [0.15, 0.2) is 0 Å². The van der Waals surface area contributed by atoms with Crippen LogP contribution in [0.1, 0.15) is 39.2 Å². The maximum atomic E-state index is 13.0. The zero-order valence-electron chi connectivity index (χ0n) is 15.0. The molecule has 0 N–H and O–H groups in total. The first-order chi connectivity index (χ1) is 11.9. The fourth-order valence-electron chi connectivity index (χ4n) is 4.26. The number of hydrogen-bond donors (Lipinski definition) is 0. The van der Waals surface area contributed by atoms with Crippen LogP contribution in [0.3, 0.4) is 0 Å². The molecular formula is C20H23O4Y.